The summed E-state index contributed by atoms with van der Waals surface area (Å²) >= 11 is 0. The molecule has 0 bridgehead atoms. The molecule has 6 nitrogen and oxygen atoms in total. The summed E-state index contributed by atoms with van der Waals surface area (Å²) in [6, 6.07) is -0.0621. The van der Waals surface area contributed by atoms with Crippen LogP contribution in [0.5, 0.6) is 0 Å². The second kappa shape index (κ2) is 7.29. The summed E-state index contributed by atoms with van der Waals surface area (Å²) in [5.74, 6) is -0.774. The molecule has 0 aromatic rings. The molecular formula is C9H18ClN3O3. The van der Waals surface area contributed by atoms with E-state index >= 15 is 0 Å². The van der Waals surface area contributed by atoms with Gasteiger partial charge in [0.15, 0.2) is 0 Å². The molecule has 0 unspecified atom stereocenters. The van der Waals surface area contributed by atoms with E-state index in [1.165, 1.54) is 0 Å². The van der Waals surface area contributed by atoms with Crippen LogP contribution in [0, 0.1) is 0 Å². The van der Waals surface area contributed by atoms with Crippen molar-refractivity contribution in [2.45, 2.75) is 6.42 Å². The third-order valence-electron chi connectivity index (χ3n) is 2.52. The van der Waals surface area contributed by atoms with Gasteiger partial charge >= 0.3 is 12.0 Å². The molecule has 0 radical (unpaired) electrons. The molecule has 1 aliphatic rings. The number of halogens is 1. The summed E-state index contributed by atoms with van der Waals surface area (Å²) in [7, 11) is 1.61. The Morgan fingerprint density at radius 3 is 2.25 bits per heavy atom. The van der Waals surface area contributed by atoms with E-state index in [2.05, 4.69) is 10.2 Å². The minimum atomic E-state index is -0.774. The fourth-order valence-electron chi connectivity index (χ4n) is 1.59. The van der Waals surface area contributed by atoms with E-state index in [0.717, 1.165) is 13.1 Å². The molecule has 1 fully saturated rings. The number of rotatable bonds is 3. The zero-order chi connectivity index (χ0) is 11.3. The van der Waals surface area contributed by atoms with Crippen LogP contribution in [0.15, 0.2) is 0 Å². The molecule has 2 N–H and O–H groups in total. The van der Waals surface area contributed by atoms with Crippen molar-refractivity contribution in [3.63, 3.8) is 0 Å². The van der Waals surface area contributed by atoms with Gasteiger partial charge in [0.1, 0.15) is 0 Å². The molecule has 2 amide bonds. The maximum Gasteiger partial charge on any atom is 0.317 e. The Kier molecular flexibility index (Phi) is 6.83. The van der Waals surface area contributed by atoms with Gasteiger partial charge in [-0.3, -0.25) is 9.69 Å². The van der Waals surface area contributed by atoms with Crippen LogP contribution in [-0.2, 0) is 4.79 Å². The van der Waals surface area contributed by atoms with Crippen LogP contribution >= 0.6 is 12.4 Å². The molecule has 94 valence electrons. The van der Waals surface area contributed by atoms with E-state index in [4.69, 9.17) is 5.11 Å². The lowest BCUT2D eigenvalue weighted by molar-refractivity contribution is -0.137. The molecular weight excluding hydrogens is 234 g/mol. The first-order valence-corrected chi connectivity index (χ1v) is 5.04. The average molecular weight is 252 g/mol. The highest BCUT2D eigenvalue weighted by Gasteiger charge is 2.19. The van der Waals surface area contributed by atoms with Crippen LogP contribution in [0.2, 0.25) is 0 Å². The first kappa shape index (κ1) is 15.0. The highest BCUT2D eigenvalue weighted by Crippen LogP contribution is 2.02. The molecule has 0 saturated carbocycles. The third kappa shape index (κ3) is 4.67. The van der Waals surface area contributed by atoms with E-state index in [1.54, 1.807) is 11.9 Å². The molecule has 0 atom stereocenters. The predicted molar refractivity (Wildman–Crippen MR) is 62.0 cm³/mol. The smallest absolute Gasteiger partial charge is 0.317 e. The van der Waals surface area contributed by atoms with Crippen molar-refractivity contribution in [1.29, 1.82) is 0 Å². The monoisotopic (exact) mass is 251 g/mol. The normalized spacial score (nSPS) is 16.4. The summed E-state index contributed by atoms with van der Waals surface area (Å²) < 4.78 is 0. The van der Waals surface area contributed by atoms with Gasteiger partial charge in [0, 0.05) is 39.8 Å². The minimum absolute atomic E-state index is 0. The SMILES string of the molecule is CNC(=O)N1CCN(CCC(=O)O)CC1.Cl. The minimum Gasteiger partial charge on any atom is -0.481 e. The molecule has 7 heteroatoms. The van der Waals surface area contributed by atoms with Gasteiger partial charge in [-0.05, 0) is 0 Å². The fourth-order valence-corrected chi connectivity index (χ4v) is 1.59. The van der Waals surface area contributed by atoms with E-state index in [-0.39, 0.29) is 24.9 Å². The lowest BCUT2D eigenvalue weighted by Gasteiger charge is -2.34. The van der Waals surface area contributed by atoms with E-state index in [0.29, 0.717) is 19.6 Å². The van der Waals surface area contributed by atoms with E-state index < -0.39 is 5.97 Å². The molecule has 0 aromatic carbocycles. The predicted octanol–water partition coefficient (Wildman–Crippen LogP) is -0.160. The number of hydrogen-bond donors (Lipinski definition) is 2. The quantitative estimate of drug-likeness (QED) is 0.731. The van der Waals surface area contributed by atoms with Crippen molar-refractivity contribution in [2.75, 3.05) is 39.8 Å². The number of urea groups is 1. The second-order valence-electron chi connectivity index (χ2n) is 3.53. The van der Waals surface area contributed by atoms with Crippen molar-refractivity contribution in [3.8, 4) is 0 Å². The lowest BCUT2D eigenvalue weighted by atomic mass is 10.3. The molecule has 1 rings (SSSR count). The maximum absolute atomic E-state index is 11.2. The summed E-state index contributed by atoms with van der Waals surface area (Å²) in [4.78, 5) is 25.4. The van der Waals surface area contributed by atoms with Crippen molar-refractivity contribution >= 4 is 24.4 Å². The van der Waals surface area contributed by atoms with Crippen LogP contribution in [-0.4, -0.2) is 66.7 Å². The Bertz CT molecular complexity index is 242. The van der Waals surface area contributed by atoms with Gasteiger partial charge in [-0.25, -0.2) is 4.79 Å². The topological polar surface area (TPSA) is 72.9 Å². The number of nitrogens with one attached hydrogen (secondary N) is 1. The number of nitrogens with zero attached hydrogens (tertiary/aromatic N) is 2. The summed E-state index contributed by atoms with van der Waals surface area (Å²) in [6.07, 6.45) is 0.167. The Morgan fingerprint density at radius 2 is 1.81 bits per heavy atom. The van der Waals surface area contributed by atoms with Gasteiger partial charge < -0.3 is 15.3 Å². The lowest BCUT2D eigenvalue weighted by Crippen LogP contribution is -2.51. The number of carboxylic acids is 1. The zero-order valence-electron chi connectivity index (χ0n) is 9.31. The van der Waals surface area contributed by atoms with Crippen LogP contribution in [0.25, 0.3) is 0 Å². The average Bonchev–Trinajstić information content (AvgIpc) is 2.26. The fraction of sp³-hybridized carbons (Fsp3) is 0.778. The Balaban J connectivity index is 0.00000225. The number of hydrogen-bond acceptors (Lipinski definition) is 3. The first-order chi connectivity index (χ1) is 7.13. The second-order valence-corrected chi connectivity index (χ2v) is 3.53. The van der Waals surface area contributed by atoms with Crippen molar-refractivity contribution in [3.05, 3.63) is 0 Å². The van der Waals surface area contributed by atoms with Crippen LogP contribution < -0.4 is 5.32 Å². The third-order valence-corrected chi connectivity index (χ3v) is 2.52. The molecule has 0 aromatic heterocycles. The van der Waals surface area contributed by atoms with Crippen LogP contribution in [0.1, 0.15) is 6.42 Å². The van der Waals surface area contributed by atoms with Crippen molar-refractivity contribution in [1.82, 2.24) is 15.1 Å². The number of carbonyl (C=O) groups is 2. The van der Waals surface area contributed by atoms with Crippen molar-refractivity contribution < 1.29 is 14.7 Å². The van der Waals surface area contributed by atoms with Crippen molar-refractivity contribution in [2.24, 2.45) is 0 Å². The maximum atomic E-state index is 11.2. The van der Waals surface area contributed by atoms with Gasteiger partial charge in [0.2, 0.25) is 0 Å². The molecule has 1 aliphatic heterocycles. The summed E-state index contributed by atoms with van der Waals surface area (Å²) in [6.45, 7) is 3.40. The zero-order valence-corrected chi connectivity index (χ0v) is 10.1. The Morgan fingerprint density at radius 1 is 1.25 bits per heavy atom. The summed E-state index contributed by atoms with van der Waals surface area (Å²) in [5.41, 5.74) is 0. The van der Waals surface area contributed by atoms with Crippen LogP contribution in [0.4, 0.5) is 4.79 Å². The number of aliphatic carboxylic acids is 1. The van der Waals surface area contributed by atoms with E-state index in [1.807, 2.05) is 0 Å². The largest absolute Gasteiger partial charge is 0.481 e. The number of piperazine rings is 1. The summed E-state index contributed by atoms with van der Waals surface area (Å²) in [5, 5.41) is 11.1. The number of carbonyl (C=O) groups excluding carboxylic acids is 1. The molecule has 0 spiro atoms. The Hall–Kier alpha value is -1.01. The highest BCUT2D eigenvalue weighted by atomic mass is 35.5. The molecule has 0 aliphatic carbocycles. The number of carboxylic acid groups (broad SMARTS) is 1. The molecule has 1 heterocycles. The van der Waals surface area contributed by atoms with Crippen LogP contribution in [0.3, 0.4) is 0 Å². The number of amides is 2. The van der Waals surface area contributed by atoms with E-state index in [9.17, 15) is 9.59 Å². The van der Waals surface area contributed by atoms with Gasteiger partial charge in [-0.2, -0.15) is 0 Å². The molecule has 1 saturated heterocycles. The van der Waals surface area contributed by atoms with Gasteiger partial charge in [-0.15, -0.1) is 12.4 Å². The van der Waals surface area contributed by atoms with Gasteiger partial charge in [0.05, 0.1) is 6.42 Å². The van der Waals surface area contributed by atoms with Gasteiger partial charge in [-0.1, -0.05) is 0 Å². The molecule has 16 heavy (non-hydrogen) atoms. The highest BCUT2D eigenvalue weighted by molar-refractivity contribution is 5.85. The Labute approximate surface area is 101 Å². The van der Waals surface area contributed by atoms with Gasteiger partial charge in [0.25, 0.3) is 0 Å². The first-order valence-electron chi connectivity index (χ1n) is 5.04. The standard InChI is InChI=1S/C9H17N3O3.ClH/c1-10-9(15)12-6-4-11(5-7-12)3-2-8(13)14;/h2-7H2,1H3,(H,10,15)(H,13,14);1H.